The topological polar surface area (TPSA) is 73.7 Å². The molecule has 0 aliphatic heterocycles. The molecule has 5 rings (SSSR count). The van der Waals surface area contributed by atoms with E-state index in [-0.39, 0.29) is 6.10 Å². The third-order valence-corrected chi connectivity index (χ3v) is 7.19. The van der Waals surface area contributed by atoms with Gasteiger partial charge < -0.3 is 19.3 Å². The number of nitrogens with zero attached hydrogens (tertiary/aromatic N) is 2. The van der Waals surface area contributed by atoms with E-state index in [1.54, 1.807) is 31.8 Å². The molecule has 0 bridgehead atoms. The Labute approximate surface area is 190 Å². The zero-order chi connectivity index (χ0) is 22.1. The molecule has 2 aromatic carbocycles. The minimum absolute atomic E-state index is 0.203. The Morgan fingerprint density at radius 2 is 1.78 bits per heavy atom. The van der Waals surface area contributed by atoms with Crippen LogP contribution >= 0.6 is 11.3 Å². The van der Waals surface area contributed by atoms with Crippen molar-refractivity contribution in [1.82, 2.24) is 9.97 Å². The van der Waals surface area contributed by atoms with Gasteiger partial charge in [-0.15, -0.1) is 11.3 Å². The van der Waals surface area contributed by atoms with Gasteiger partial charge in [-0.05, 0) is 43.0 Å². The first kappa shape index (κ1) is 21.0. The van der Waals surface area contributed by atoms with Crippen LogP contribution in [0.1, 0.15) is 30.7 Å². The normalized spacial score (nSPS) is 18.7. The lowest BCUT2D eigenvalue weighted by atomic mass is 9.84. The highest BCUT2D eigenvalue weighted by Gasteiger charge is 2.24. The molecule has 0 saturated heterocycles. The van der Waals surface area contributed by atoms with Gasteiger partial charge >= 0.3 is 0 Å². The number of fused-ring (bicyclic) bond motifs is 2. The van der Waals surface area contributed by atoms with Gasteiger partial charge in [0.15, 0.2) is 11.5 Å². The van der Waals surface area contributed by atoms with Crippen molar-refractivity contribution in [2.75, 3.05) is 14.2 Å². The summed E-state index contributed by atoms with van der Waals surface area (Å²) in [6.45, 7) is 0. The van der Waals surface area contributed by atoms with Crippen LogP contribution in [0.25, 0.3) is 21.1 Å². The average Bonchev–Trinajstić information content (AvgIpc) is 3.21. The van der Waals surface area contributed by atoms with Crippen LogP contribution in [0, 0.1) is 5.92 Å². The first-order valence-corrected chi connectivity index (χ1v) is 11.7. The van der Waals surface area contributed by atoms with Crippen LogP contribution in [0.2, 0.25) is 0 Å². The number of pyridine rings is 1. The summed E-state index contributed by atoms with van der Waals surface area (Å²) in [6.07, 6.45) is 6.67. The number of thiazole rings is 1. The van der Waals surface area contributed by atoms with Crippen molar-refractivity contribution in [3.8, 4) is 23.0 Å². The van der Waals surface area contributed by atoms with Crippen LogP contribution in [0.5, 0.6) is 23.0 Å². The van der Waals surface area contributed by atoms with E-state index in [1.165, 1.54) is 6.42 Å². The van der Waals surface area contributed by atoms with E-state index in [0.717, 1.165) is 57.6 Å². The molecule has 2 aromatic heterocycles. The molecule has 0 amide bonds. The van der Waals surface area contributed by atoms with E-state index >= 15 is 0 Å². The molecule has 2 heterocycles. The molecule has 1 fully saturated rings. The largest absolute Gasteiger partial charge is 0.493 e. The molecule has 166 valence electrons. The number of aliphatic hydroxyl groups is 1. The second-order valence-electron chi connectivity index (χ2n) is 8.19. The highest BCUT2D eigenvalue weighted by atomic mass is 32.1. The van der Waals surface area contributed by atoms with Crippen molar-refractivity contribution in [3.63, 3.8) is 0 Å². The van der Waals surface area contributed by atoms with Gasteiger partial charge in [0.05, 0.1) is 41.1 Å². The lowest BCUT2D eigenvalue weighted by Gasteiger charge is -2.26. The summed E-state index contributed by atoms with van der Waals surface area (Å²) < 4.78 is 18.2. The SMILES string of the molecule is COc1cc2nccc(Oc3ccc4nc(C[C@@H]5CCCC[C@H]5O)sc4c3)c2cc1OC. The monoisotopic (exact) mass is 450 g/mol. The molecule has 0 unspecified atom stereocenters. The Bertz CT molecular complexity index is 1260. The number of methoxy groups -OCH3 is 2. The summed E-state index contributed by atoms with van der Waals surface area (Å²) in [5.74, 6) is 3.02. The molecular weight excluding hydrogens is 424 g/mol. The fraction of sp³-hybridized carbons (Fsp3) is 0.360. The zero-order valence-corrected chi connectivity index (χ0v) is 19.0. The number of benzene rings is 2. The van der Waals surface area contributed by atoms with Gasteiger partial charge in [0.2, 0.25) is 0 Å². The van der Waals surface area contributed by atoms with Crippen LogP contribution in [0.3, 0.4) is 0 Å². The summed E-state index contributed by atoms with van der Waals surface area (Å²) in [7, 11) is 3.22. The molecule has 4 aromatic rings. The summed E-state index contributed by atoms with van der Waals surface area (Å²) in [5, 5.41) is 12.2. The molecule has 1 aliphatic rings. The van der Waals surface area contributed by atoms with Crippen LogP contribution in [0.15, 0.2) is 42.6 Å². The average molecular weight is 451 g/mol. The summed E-state index contributed by atoms with van der Waals surface area (Å²) >= 11 is 1.68. The summed E-state index contributed by atoms with van der Waals surface area (Å²) in [5.41, 5.74) is 1.74. The van der Waals surface area contributed by atoms with E-state index < -0.39 is 0 Å². The predicted molar refractivity (Wildman–Crippen MR) is 126 cm³/mol. The molecule has 6 nitrogen and oxygen atoms in total. The number of hydrogen-bond donors (Lipinski definition) is 1. The van der Waals surface area contributed by atoms with Gasteiger partial charge in [0, 0.05) is 30.1 Å². The minimum Gasteiger partial charge on any atom is -0.493 e. The Morgan fingerprint density at radius 3 is 2.59 bits per heavy atom. The first-order valence-electron chi connectivity index (χ1n) is 10.9. The van der Waals surface area contributed by atoms with Crippen molar-refractivity contribution < 1.29 is 19.3 Å². The Kier molecular flexibility index (Phi) is 5.85. The number of hydrogen-bond acceptors (Lipinski definition) is 7. The van der Waals surface area contributed by atoms with Gasteiger partial charge in [0.1, 0.15) is 11.5 Å². The number of aliphatic hydroxyl groups excluding tert-OH is 1. The van der Waals surface area contributed by atoms with E-state index in [4.69, 9.17) is 19.2 Å². The highest BCUT2D eigenvalue weighted by molar-refractivity contribution is 7.18. The number of rotatable bonds is 6. The molecular formula is C25H26N2O4S. The maximum Gasteiger partial charge on any atom is 0.162 e. The fourth-order valence-corrected chi connectivity index (χ4v) is 5.51. The van der Waals surface area contributed by atoms with Crippen LogP contribution < -0.4 is 14.2 Å². The van der Waals surface area contributed by atoms with Crippen LogP contribution in [0.4, 0.5) is 0 Å². The van der Waals surface area contributed by atoms with Crippen molar-refractivity contribution in [1.29, 1.82) is 0 Å². The van der Waals surface area contributed by atoms with Crippen molar-refractivity contribution in [2.24, 2.45) is 5.92 Å². The first-order chi connectivity index (χ1) is 15.6. The Morgan fingerprint density at radius 1 is 0.969 bits per heavy atom. The standard InChI is InChI=1S/C25H26N2O4S/c1-29-22-13-17-19(14-23(22)30-2)26-10-9-21(17)31-16-7-8-18-24(12-16)32-25(27-18)11-15-5-3-4-6-20(15)28/h7-10,12-15,20,28H,3-6,11H2,1-2H3/t15-,20+/m0/s1. The van der Waals surface area contributed by atoms with E-state index in [1.807, 2.05) is 36.4 Å². The molecule has 7 heteroatoms. The van der Waals surface area contributed by atoms with Gasteiger partial charge in [-0.1, -0.05) is 12.8 Å². The smallest absolute Gasteiger partial charge is 0.162 e. The highest BCUT2D eigenvalue weighted by Crippen LogP contribution is 2.38. The summed E-state index contributed by atoms with van der Waals surface area (Å²) in [6, 6.07) is 11.5. The molecule has 0 radical (unpaired) electrons. The van der Waals surface area contributed by atoms with Crippen LogP contribution in [-0.4, -0.2) is 35.4 Å². The molecule has 32 heavy (non-hydrogen) atoms. The van der Waals surface area contributed by atoms with Gasteiger partial charge in [0.25, 0.3) is 0 Å². The van der Waals surface area contributed by atoms with Gasteiger partial charge in [-0.2, -0.15) is 0 Å². The maximum atomic E-state index is 10.3. The number of ether oxygens (including phenoxy) is 3. The molecule has 1 aliphatic carbocycles. The zero-order valence-electron chi connectivity index (χ0n) is 18.2. The molecule has 1 N–H and O–H groups in total. The summed E-state index contributed by atoms with van der Waals surface area (Å²) in [4.78, 5) is 9.23. The van der Waals surface area contributed by atoms with Crippen LogP contribution in [-0.2, 0) is 6.42 Å². The maximum absolute atomic E-state index is 10.3. The van der Waals surface area contributed by atoms with Gasteiger partial charge in [-0.3, -0.25) is 4.98 Å². The van der Waals surface area contributed by atoms with Crippen molar-refractivity contribution in [3.05, 3.63) is 47.6 Å². The Hall–Kier alpha value is -2.90. The fourth-order valence-electron chi connectivity index (χ4n) is 4.42. The lowest BCUT2D eigenvalue weighted by Crippen LogP contribution is -2.26. The second kappa shape index (κ2) is 8.92. The predicted octanol–water partition coefficient (Wildman–Crippen LogP) is 5.75. The van der Waals surface area contributed by atoms with E-state index in [2.05, 4.69) is 4.98 Å². The molecule has 2 atom stereocenters. The van der Waals surface area contributed by atoms with Crippen molar-refractivity contribution in [2.45, 2.75) is 38.2 Å². The third kappa shape index (κ3) is 4.10. The quantitative estimate of drug-likeness (QED) is 0.403. The van der Waals surface area contributed by atoms with E-state index in [0.29, 0.717) is 23.2 Å². The third-order valence-electron chi connectivity index (χ3n) is 6.14. The minimum atomic E-state index is -0.203. The Balaban J connectivity index is 1.42. The van der Waals surface area contributed by atoms with Crippen molar-refractivity contribution >= 4 is 32.5 Å². The van der Waals surface area contributed by atoms with Gasteiger partial charge in [-0.25, -0.2) is 4.98 Å². The molecule has 1 saturated carbocycles. The second-order valence-corrected chi connectivity index (χ2v) is 9.30. The van der Waals surface area contributed by atoms with E-state index in [9.17, 15) is 5.11 Å². The lowest BCUT2D eigenvalue weighted by molar-refractivity contribution is 0.0700. The molecule has 0 spiro atoms. The number of aromatic nitrogens is 2.